The molecule has 0 aromatic rings. The lowest BCUT2D eigenvalue weighted by molar-refractivity contribution is -0.169. The van der Waals surface area contributed by atoms with Crippen molar-refractivity contribution in [3.63, 3.8) is 0 Å². The number of hydrogen-bond acceptors (Lipinski definition) is 5. The normalized spacial score (nSPS) is 32.2. The second-order valence-corrected chi connectivity index (χ2v) is 5.62. The van der Waals surface area contributed by atoms with Crippen molar-refractivity contribution in [3.8, 4) is 0 Å². The van der Waals surface area contributed by atoms with Crippen molar-refractivity contribution in [2.45, 2.75) is 38.0 Å². The summed E-state index contributed by atoms with van der Waals surface area (Å²) in [5.41, 5.74) is 1.14. The molecule has 2 fully saturated rings. The van der Waals surface area contributed by atoms with Gasteiger partial charge in [0.05, 0.1) is 18.1 Å². The highest BCUT2D eigenvalue weighted by atomic mass is 16.5. The van der Waals surface area contributed by atoms with Crippen LogP contribution in [0.3, 0.4) is 0 Å². The lowest BCUT2D eigenvalue weighted by atomic mass is 9.80. The highest BCUT2D eigenvalue weighted by Gasteiger charge is 2.62. The minimum Gasteiger partial charge on any atom is -0.457 e. The molecule has 0 bridgehead atoms. The fraction of sp³-hybridized carbons (Fsp3) is 0.600. The van der Waals surface area contributed by atoms with Crippen molar-refractivity contribution < 1.29 is 24.2 Å². The third-order valence-corrected chi connectivity index (χ3v) is 4.32. The van der Waals surface area contributed by atoms with Gasteiger partial charge >= 0.3 is 5.97 Å². The van der Waals surface area contributed by atoms with Crippen molar-refractivity contribution in [1.29, 1.82) is 0 Å². The molecule has 1 amide bonds. The summed E-state index contributed by atoms with van der Waals surface area (Å²) < 4.78 is 10.9. The number of ether oxygens (including phenoxy) is 2. The number of β-lactam (4-membered cyclic amide) rings is 1. The van der Waals surface area contributed by atoms with E-state index in [0.29, 0.717) is 12.3 Å². The molecule has 21 heavy (non-hydrogen) atoms. The first-order valence-electron chi connectivity index (χ1n) is 7.21. The molecule has 2 saturated heterocycles. The van der Waals surface area contributed by atoms with E-state index in [1.165, 1.54) is 11.0 Å². The Bertz CT molecular complexity index is 524. The molecule has 3 aliphatic rings. The fourth-order valence-corrected chi connectivity index (χ4v) is 3.47. The van der Waals surface area contributed by atoms with E-state index in [1.54, 1.807) is 6.92 Å². The van der Waals surface area contributed by atoms with Gasteiger partial charge in [0, 0.05) is 6.61 Å². The first-order chi connectivity index (χ1) is 10.1. The zero-order chi connectivity index (χ0) is 15.1. The number of carbonyl (C=O) groups is 2. The topological polar surface area (TPSA) is 76.1 Å². The minimum atomic E-state index is -0.755. The summed E-state index contributed by atoms with van der Waals surface area (Å²) in [5, 5.41) is 9.80. The molecule has 3 rings (SSSR count). The number of hydrogen-bond donors (Lipinski definition) is 1. The van der Waals surface area contributed by atoms with E-state index in [0.717, 1.165) is 18.4 Å². The average molecular weight is 293 g/mol. The molecule has 0 radical (unpaired) electrons. The molecular formula is C15H19NO5. The lowest BCUT2D eigenvalue weighted by Crippen LogP contribution is -2.65. The van der Waals surface area contributed by atoms with Gasteiger partial charge in [-0.2, -0.15) is 0 Å². The number of aliphatic hydroxyl groups is 1. The Kier molecular flexibility index (Phi) is 3.59. The van der Waals surface area contributed by atoms with Crippen molar-refractivity contribution in [2.75, 3.05) is 13.2 Å². The van der Waals surface area contributed by atoms with Crippen LogP contribution in [0, 0.1) is 5.92 Å². The molecule has 0 aliphatic carbocycles. The molecule has 6 heteroatoms. The van der Waals surface area contributed by atoms with E-state index in [-0.39, 0.29) is 24.7 Å². The number of aliphatic hydroxyl groups excluding tert-OH is 1. The maximum atomic E-state index is 12.3. The summed E-state index contributed by atoms with van der Waals surface area (Å²) in [6.07, 6.45) is 1.98. The Balaban J connectivity index is 1.92. The van der Waals surface area contributed by atoms with Gasteiger partial charge in [-0.15, -0.1) is 0 Å². The Morgan fingerprint density at radius 3 is 3.10 bits per heavy atom. The predicted molar refractivity (Wildman–Crippen MR) is 73.0 cm³/mol. The summed E-state index contributed by atoms with van der Waals surface area (Å²) in [6.45, 7) is 5.81. The van der Waals surface area contributed by atoms with E-state index in [9.17, 15) is 14.7 Å². The number of fused-ring (bicyclic) bond motifs is 3. The third kappa shape index (κ3) is 2.01. The van der Waals surface area contributed by atoms with Crippen LogP contribution in [0.25, 0.3) is 0 Å². The van der Waals surface area contributed by atoms with Crippen LogP contribution in [-0.2, 0) is 19.1 Å². The highest BCUT2D eigenvalue weighted by Crippen LogP contribution is 2.47. The van der Waals surface area contributed by atoms with Crippen LogP contribution in [0.4, 0.5) is 0 Å². The molecule has 0 unspecified atom stereocenters. The first-order valence-corrected chi connectivity index (χ1v) is 7.21. The van der Waals surface area contributed by atoms with E-state index in [4.69, 9.17) is 9.47 Å². The van der Waals surface area contributed by atoms with E-state index in [1.807, 2.05) is 0 Å². The van der Waals surface area contributed by atoms with Gasteiger partial charge in [-0.3, -0.25) is 9.69 Å². The van der Waals surface area contributed by atoms with Gasteiger partial charge in [0.1, 0.15) is 18.4 Å². The second kappa shape index (κ2) is 5.27. The molecule has 3 aliphatic heterocycles. The van der Waals surface area contributed by atoms with Crippen molar-refractivity contribution in [3.05, 3.63) is 23.9 Å². The highest BCUT2D eigenvalue weighted by molar-refractivity contribution is 6.01. The van der Waals surface area contributed by atoms with Crippen molar-refractivity contribution in [1.82, 2.24) is 4.90 Å². The number of amides is 1. The number of rotatable bonds is 4. The Morgan fingerprint density at radius 1 is 1.67 bits per heavy atom. The summed E-state index contributed by atoms with van der Waals surface area (Å²) >= 11 is 0. The number of esters is 1. The molecule has 0 spiro atoms. The molecule has 0 saturated carbocycles. The Morgan fingerprint density at radius 2 is 2.43 bits per heavy atom. The van der Waals surface area contributed by atoms with Crippen LogP contribution in [0.15, 0.2) is 23.9 Å². The standard InChI is InChI=1S/C15H19NO5/c1-3-6-21-15(19)11-9-5-4-7-20-13(9)12-10(8(2)17)14(18)16(11)12/h3,8,10,12-13,17H,1,4-7H2,2H3/t8-,10-,12+,13-/m1/s1. The van der Waals surface area contributed by atoms with Gasteiger partial charge in [-0.1, -0.05) is 12.7 Å². The fourth-order valence-electron chi connectivity index (χ4n) is 3.47. The van der Waals surface area contributed by atoms with Gasteiger partial charge in [-0.25, -0.2) is 4.79 Å². The predicted octanol–water partition coefficient (Wildman–Crippen LogP) is 0.370. The molecule has 6 nitrogen and oxygen atoms in total. The van der Waals surface area contributed by atoms with Crippen LogP contribution >= 0.6 is 0 Å². The lowest BCUT2D eigenvalue weighted by Gasteiger charge is -2.47. The summed E-state index contributed by atoms with van der Waals surface area (Å²) in [6, 6.07) is -0.279. The van der Waals surface area contributed by atoms with Crippen LogP contribution < -0.4 is 0 Å². The van der Waals surface area contributed by atoms with Crippen LogP contribution in [-0.4, -0.2) is 53.3 Å². The third-order valence-electron chi connectivity index (χ3n) is 4.32. The summed E-state index contributed by atoms with van der Waals surface area (Å²) in [5.74, 6) is -1.25. The Hall–Kier alpha value is -1.66. The zero-order valence-corrected chi connectivity index (χ0v) is 11.9. The smallest absolute Gasteiger partial charge is 0.355 e. The SMILES string of the molecule is C=CCOC(=O)C1=C2CCCO[C@H]2[C@@H]2[C@@H]([C@@H](C)O)C(=O)N12. The quantitative estimate of drug-likeness (QED) is 0.460. The van der Waals surface area contributed by atoms with Gasteiger partial charge in [0.15, 0.2) is 0 Å². The molecule has 0 aromatic heterocycles. The molecule has 1 N–H and O–H groups in total. The molecule has 0 aromatic carbocycles. The van der Waals surface area contributed by atoms with Gasteiger partial charge in [-0.05, 0) is 25.3 Å². The summed E-state index contributed by atoms with van der Waals surface area (Å²) in [4.78, 5) is 25.9. The van der Waals surface area contributed by atoms with E-state index >= 15 is 0 Å². The van der Waals surface area contributed by atoms with E-state index < -0.39 is 18.0 Å². The van der Waals surface area contributed by atoms with Gasteiger partial charge in [0.2, 0.25) is 5.91 Å². The molecular weight excluding hydrogens is 274 g/mol. The van der Waals surface area contributed by atoms with Crippen LogP contribution in [0.2, 0.25) is 0 Å². The minimum absolute atomic E-state index is 0.105. The first kappa shape index (κ1) is 14.3. The Labute approximate surface area is 123 Å². The van der Waals surface area contributed by atoms with Crippen molar-refractivity contribution in [2.24, 2.45) is 5.92 Å². The molecule has 3 heterocycles. The second-order valence-electron chi connectivity index (χ2n) is 5.62. The summed E-state index contributed by atoms with van der Waals surface area (Å²) in [7, 11) is 0. The van der Waals surface area contributed by atoms with E-state index in [2.05, 4.69) is 6.58 Å². The average Bonchev–Trinajstić information content (AvgIpc) is 2.75. The monoisotopic (exact) mass is 293 g/mol. The molecule has 114 valence electrons. The molecule has 4 atom stereocenters. The number of carbonyl (C=O) groups excluding carboxylic acids is 2. The van der Waals surface area contributed by atoms with Gasteiger partial charge in [0.25, 0.3) is 0 Å². The number of nitrogens with zero attached hydrogens (tertiary/aromatic N) is 1. The van der Waals surface area contributed by atoms with Gasteiger partial charge < -0.3 is 14.6 Å². The maximum Gasteiger partial charge on any atom is 0.355 e. The van der Waals surface area contributed by atoms with Crippen LogP contribution in [0.1, 0.15) is 19.8 Å². The van der Waals surface area contributed by atoms with Crippen LogP contribution in [0.5, 0.6) is 0 Å². The zero-order valence-electron chi connectivity index (χ0n) is 11.9. The maximum absolute atomic E-state index is 12.3. The largest absolute Gasteiger partial charge is 0.457 e. The van der Waals surface area contributed by atoms with Crippen molar-refractivity contribution >= 4 is 11.9 Å².